The van der Waals surface area contributed by atoms with E-state index in [0.717, 1.165) is 19.3 Å². The summed E-state index contributed by atoms with van der Waals surface area (Å²) in [5.41, 5.74) is 0. The Labute approximate surface area is 107 Å². The summed E-state index contributed by atoms with van der Waals surface area (Å²) in [5, 5.41) is 3.29. The summed E-state index contributed by atoms with van der Waals surface area (Å²) in [6.07, 6.45) is 3.42. The summed E-state index contributed by atoms with van der Waals surface area (Å²) in [7, 11) is 4.89. The van der Waals surface area contributed by atoms with Gasteiger partial charge in [-0.1, -0.05) is 0 Å². The average molecular weight is 253 g/mol. The minimum absolute atomic E-state index is 0.329. The van der Waals surface area contributed by atoms with Gasteiger partial charge in [0.25, 0.3) is 0 Å². The molecule has 2 atom stereocenters. The maximum atomic E-state index is 5.34. The summed E-state index contributed by atoms with van der Waals surface area (Å²) >= 11 is 0. The first kappa shape index (κ1) is 12.9. The van der Waals surface area contributed by atoms with Crippen molar-refractivity contribution in [2.75, 3.05) is 26.6 Å². The first-order valence-electron chi connectivity index (χ1n) is 6.01. The fraction of sp³-hybridized carbons (Fsp3) is 0.667. The van der Waals surface area contributed by atoms with Gasteiger partial charge in [-0.15, -0.1) is 0 Å². The highest BCUT2D eigenvalue weighted by atomic mass is 16.5. The topological polar surface area (TPSA) is 65.5 Å². The molecule has 100 valence electrons. The van der Waals surface area contributed by atoms with Crippen LogP contribution >= 0.6 is 0 Å². The van der Waals surface area contributed by atoms with E-state index in [9.17, 15) is 0 Å². The first-order chi connectivity index (χ1) is 8.75. The number of anilines is 1. The second-order valence-electron chi connectivity index (χ2n) is 4.29. The fourth-order valence-electron chi connectivity index (χ4n) is 2.15. The molecule has 6 nitrogen and oxygen atoms in total. The van der Waals surface area contributed by atoms with Crippen molar-refractivity contribution >= 4 is 5.95 Å². The van der Waals surface area contributed by atoms with Gasteiger partial charge in [-0.25, -0.2) is 0 Å². The van der Waals surface area contributed by atoms with Gasteiger partial charge in [-0.05, 0) is 19.3 Å². The SMILES string of the molecule is COc1cc(OC)nc(NC2CCC(OC)C2)n1. The molecule has 6 heteroatoms. The Kier molecular flexibility index (Phi) is 4.19. The van der Waals surface area contributed by atoms with Crippen molar-refractivity contribution in [1.29, 1.82) is 0 Å². The van der Waals surface area contributed by atoms with Crippen molar-refractivity contribution in [2.24, 2.45) is 0 Å². The van der Waals surface area contributed by atoms with E-state index in [1.807, 2.05) is 0 Å². The predicted molar refractivity (Wildman–Crippen MR) is 67.2 cm³/mol. The monoisotopic (exact) mass is 253 g/mol. The number of hydrogen-bond donors (Lipinski definition) is 1. The Morgan fingerprint density at radius 1 is 1.11 bits per heavy atom. The van der Waals surface area contributed by atoms with Crippen molar-refractivity contribution in [3.05, 3.63) is 6.07 Å². The second-order valence-corrected chi connectivity index (χ2v) is 4.29. The van der Waals surface area contributed by atoms with E-state index in [-0.39, 0.29) is 0 Å². The Morgan fingerprint density at radius 2 is 1.78 bits per heavy atom. The van der Waals surface area contributed by atoms with Crippen LogP contribution in [0.25, 0.3) is 0 Å². The van der Waals surface area contributed by atoms with Crippen molar-refractivity contribution in [1.82, 2.24) is 9.97 Å². The fourth-order valence-corrected chi connectivity index (χ4v) is 2.15. The summed E-state index contributed by atoms with van der Waals surface area (Å²) in [4.78, 5) is 8.50. The smallest absolute Gasteiger partial charge is 0.229 e. The summed E-state index contributed by atoms with van der Waals surface area (Å²) in [6.45, 7) is 0. The standard InChI is InChI=1S/C12H19N3O3/c1-16-9-5-4-8(6-9)13-12-14-10(17-2)7-11(15-12)18-3/h7-9H,4-6H2,1-3H3,(H,13,14,15). The molecule has 0 radical (unpaired) electrons. The molecule has 1 aromatic rings. The van der Waals surface area contributed by atoms with Gasteiger partial charge in [0.2, 0.25) is 17.7 Å². The summed E-state index contributed by atoms with van der Waals surface area (Å²) in [6, 6.07) is 1.99. The van der Waals surface area contributed by atoms with Gasteiger partial charge in [0.05, 0.1) is 26.4 Å². The van der Waals surface area contributed by atoms with Crippen LogP contribution in [0.4, 0.5) is 5.95 Å². The van der Waals surface area contributed by atoms with E-state index in [1.54, 1.807) is 27.4 Å². The molecule has 18 heavy (non-hydrogen) atoms. The highest BCUT2D eigenvalue weighted by molar-refractivity contribution is 5.34. The molecular formula is C12H19N3O3. The van der Waals surface area contributed by atoms with Crippen LogP contribution in [0.5, 0.6) is 11.8 Å². The number of nitrogens with zero attached hydrogens (tertiary/aromatic N) is 2. The molecule has 0 saturated heterocycles. The normalized spacial score (nSPS) is 22.8. The number of methoxy groups -OCH3 is 3. The molecule has 1 aliphatic carbocycles. The van der Waals surface area contributed by atoms with E-state index in [2.05, 4.69) is 15.3 Å². The molecule has 2 unspecified atom stereocenters. The summed E-state index contributed by atoms with van der Waals surface area (Å²) in [5.74, 6) is 1.52. The van der Waals surface area contributed by atoms with Gasteiger partial charge in [0.1, 0.15) is 0 Å². The zero-order chi connectivity index (χ0) is 13.0. The van der Waals surface area contributed by atoms with E-state index in [4.69, 9.17) is 14.2 Å². The van der Waals surface area contributed by atoms with Gasteiger partial charge in [0, 0.05) is 13.2 Å². The van der Waals surface area contributed by atoms with Crippen LogP contribution in [0.3, 0.4) is 0 Å². The molecule has 1 saturated carbocycles. The van der Waals surface area contributed by atoms with E-state index >= 15 is 0 Å². The van der Waals surface area contributed by atoms with Gasteiger partial charge in [-0.2, -0.15) is 9.97 Å². The average Bonchev–Trinajstić information content (AvgIpc) is 2.85. The van der Waals surface area contributed by atoms with Gasteiger partial charge in [-0.3, -0.25) is 0 Å². The van der Waals surface area contributed by atoms with Crippen LogP contribution in [0.2, 0.25) is 0 Å². The van der Waals surface area contributed by atoms with Crippen LogP contribution in [0, 0.1) is 0 Å². The molecular weight excluding hydrogens is 234 g/mol. The predicted octanol–water partition coefficient (Wildman–Crippen LogP) is 1.47. The van der Waals surface area contributed by atoms with Gasteiger partial charge in [0.15, 0.2) is 0 Å². The van der Waals surface area contributed by atoms with Crippen LogP contribution in [-0.2, 0) is 4.74 Å². The number of rotatable bonds is 5. The maximum absolute atomic E-state index is 5.34. The van der Waals surface area contributed by atoms with Crippen molar-refractivity contribution in [3.8, 4) is 11.8 Å². The summed E-state index contributed by atoms with van der Waals surface area (Å²) < 4.78 is 15.6. The molecule has 1 N–H and O–H groups in total. The van der Waals surface area contributed by atoms with Crippen LogP contribution in [0.1, 0.15) is 19.3 Å². The number of hydrogen-bond acceptors (Lipinski definition) is 6. The largest absolute Gasteiger partial charge is 0.481 e. The molecule has 1 aliphatic rings. The van der Waals surface area contributed by atoms with Crippen molar-refractivity contribution in [3.63, 3.8) is 0 Å². The first-order valence-corrected chi connectivity index (χ1v) is 6.01. The van der Waals surface area contributed by atoms with Gasteiger partial charge >= 0.3 is 0 Å². The Morgan fingerprint density at radius 3 is 2.28 bits per heavy atom. The molecule has 1 fully saturated rings. The number of aromatic nitrogens is 2. The van der Waals surface area contributed by atoms with Crippen molar-refractivity contribution in [2.45, 2.75) is 31.4 Å². The second kappa shape index (κ2) is 5.86. The van der Waals surface area contributed by atoms with E-state index < -0.39 is 0 Å². The van der Waals surface area contributed by atoms with Crippen LogP contribution in [-0.4, -0.2) is 43.4 Å². The maximum Gasteiger partial charge on any atom is 0.229 e. The van der Waals surface area contributed by atoms with E-state index in [0.29, 0.717) is 29.9 Å². The van der Waals surface area contributed by atoms with Gasteiger partial charge < -0.3 is 19.5 Å². The molecule has 1 aromatic heterocycles. The van der Waals surface area contributed by atoms with Crippen LogP contribution < -0.4 is 14.8 Å². The minimum Gasteiger partial charge on any atom is -0.481 e. The highest BCUT2D eigenvalue weighted by Gasteiger charge is 2.25. The Hall–Kier alpha value is -1.56. The lowest BCUT2D eigenvalue weighted by Crippen LogP contribution is -2.19. The molecule has 2 rings (SSSR count). The quantitative estimate of drug-likeness (QED) is 0.857. The lowest BCUT2D eigenvalue weighted by molar-refractivity contribution is 0.108. The highest BCUT2D eigenvalue weighted by Crippen LogP contribution is 2.25. The van der Waals surface area contributed by atoms with E-state index in [1.165, 1.54) is 0 Å². The third-order valence-electron chi connectivity index (χ3n) is 3.15. The zero-order valence-corrected chi connectivity index (χ0v) is 11.0. The zero-order valence-electron chi connectivity index (χ0n) is 11.0. The minimum atomic E-state index is 0.329. The third-order valence-corrected chi connectivity index (χ3v) is 3.15. The molecule has 1 heterocycles. The van der Waals surface area contributed by atoms with Crippen molar-refractivity contribution < 1.29 is 14.2 Å². The van der Waals surface area contributed by atoms with Crippen LogP contribution in [0.15, 0.2) is 6.07 Å². The number of nitrogens with one attached hydrogen (secondary N) is 1. The Balaban J connectivity index is 2.04. The molecule has 0 bridgehead atoms. The third kappa shape index (κ3) is 3.01. The Bertz CT molecular complexity index is 378. The number of ether oxygens (including phenoxy) is 3. The lowest BCUT2D eigenvalue weighted by atomic mass is 10.2. The molecule has 0 aromatic carbocycles. The molecule has 0 aliphatic heterocycles. The molecule has 0 amide bonds. The lowest BCUT2D eigenvalue weighted by Gasteiger charge is -2.14. The molecule has 0 spiro atoms.